The molecular weight excluding hydrogens is 346 g/mol. The predicted molar refractivity (Wildman–Crippen MR) is 100 cm³/mol. The fourth-order valence-electron chi connectivity index (χ4n) is 3.54. The summed E-state index contributed by atoms with van der Waals surface area (Å²) >= 11 is 0. The Morgan fingerprint density at radius 3 is 2.63 bits per heavy atom. The van der Waals surface area contributed by atoms with Gasteiger partial charge in [0, 0.05) is 36.1 Å². The molecule has 2 heterocycles. The van der Waals surface area contributed by atoms with E-state index in [9.17, 15) is 19.5 Å². The molecule has 3 N–H and O–H groups in total. The summed E-state index contributed by atoms with van der Waals surface area (Å²) in [5, 5.41) is 14.1. The van der Waals surface area contributed by atoms with Crippen molar-refractivity contribution in [1.29, 1.82) is 0 Å². The number of aliphatic hydroxyl groups is 1. The summed E-state index contributed by atoms with van der Waals surface area (Å²) in [4.78, 5) is 41.1. The van der Waals surface area contributed by atoms with Gasteiger partial charge >= 0.3 is 0 Å². The number of fused-ring (bicyclic) bond motifs is 1. The summed E-state index contributed by atoms with van der Waals surface area (Å²) in [6.45, 7) is 0.455. The Hall–Kier alpha value is -2.93. The summed E-state index contributed by atoms with van der Waals surface area (Å²) in [6, 6.07) is 6.32. The van der Waals surface area contributed by atoms with E-state index in [2.05, 4.69) is 10.3 Å². The molecule has 0 bridgehead atoms. The SMILES string of the molecule is O=C(N[C@@H]1CN(C(=O)C=C2CCC2)C[C@H]1O)c1c[nH]c(=O)c2ccccc12. The van der Waals surface area contributed by atoms with Gasteiger partial charge in [0.2, 0.25) is 5.91 Å². The quantitative estimate of drug-likeness (QED) is 0.703. The van der Waals surface area contributed by atoms with Gasteiger partial charge in [0.05, 0.1) is 17.7 Å². The molecule has 0 spiro atoms. The van der Waals surface area contributed by atoms with Crippen LogP contribution < -0.4 is 10.9 Å². The van der Waals surface area contributed by atoms with Crippen LogP contribution in [-0.2, 0) is 4.79 Å². The van der Waals surface area contributed by atoms with Crippen LogP contribution in [-0.4, -0.2) is 52.0 Å². The number of β-amino-alcohol motifs (C(OH)–C–C–N with tert-alkyl or cyclic N) is 1. The third kappa shape index (κ3) is 3.38. The van der Waals surface area contributed by atoms with E-state index in [1.807, 2.05) is 0 Å². The molecule has 0 unspecified atom stereocenters. The van der Waals surface area contributed by atoms with E-state index < -0.39 is 18.1 Å². The fraction of sp³-hybridized carbons (Fsp3) is 0.350. The van der Waals surface area contributed by atoms with Gasteiger partial charge in [0.15, 0.2) is 0 Å². The summed E-state index contributed by atoms with van der Waals surface area (Å²) in [7, 11) is 0. The van der Waals surface area contributed by atoms with Crippen molar-refractivity contribution in [3.63, 3.8) is 0 Å². The third-order valence-corrected chi connectivity index (χ3v) is 5.29. The molecule has 2 amide bonds. The Labute approximate surface area is 155 Å². The van der Waals surface area contributed by atoms with Crippen molar-refractivity contribution < 1.29 is 14.7 Å². The zero-order chi connectivity index (χ0) is 19.0. The van der Waals surface area contributed by atoms with E-state index in [1.54, 1.807) is 35.2 Å². The fourth-order valence-corrected chi connectivity index (χ4v) is 3.54. The molecule has 4 rings (SSSR count). The number of H-pyrrole nitrogens is 1. The van der Waals surface area contributed by atoms with E-state index >= 15 is 0 Å². The maximum Gasteiger partial charge on any atom is 0.255 e. The number of hydrogen-bond acceptors (Lipinski definition) is 4. The monoisotopic (exact) mass is 367 g/mol. The second kappa shape index (κ2) is 7.00. The van der Waals surface area contributed by atoms with Crippen molar-refractivity contribution in [1.82, 2.24) is 15.2 Å². The van der Waals surface area contributed by atoms with Crippen LogP contribution in [0.4, 0.5) is 0 Å². The number of pyridine rings is 1. The van der Waals surface area contributed by atoms with Gasteiger partial charge in [-0.1, -0.05) is 23.8 Å². The number of hydrogen-bond donors (Lipinski definition) is 3. The first-order valence-electron chi connectivity index (χ1n) is 9.10. The maximum absolute atomic E-state index is 12.7. The van der Waals surface area contributed by atoms with Crippen LogP contribution in [0.25, 0.3) is 10.8 Å². The zero-order valence-electron chi connectivity index (χ0n) is 14.8. The predicted octanol–water partition coefficient (Wildman–Crippen LogP) is 0.940. The molecule has 1 aliphatic carbocycles. The average molecular weight is 367 g/mol. The number of aliphatic hydroxyl groups excluding tert-OH is 1. The van der Waals surface area contributed by atoms with Gasteiger partial charge in [-0.2, -0.15) is 0 Å². The van der Waals surface area contributed by atoms with Crippen molar-refractivity contribution in [3.8, 4) is 0 Å². The highest BCUT2D eigenvalue weighted by Crippen LogP contribution is 2.25. The van der Waals surface area contributed by atoms with Crippen LogP contribution >= 0.6 is 0 Å². The van der Waals surface area contributed by atoms with Crippen LogP contribution in [0.3, 0.4) is 0 Å². The van der Waals surface area contributed by atoms with Crippen molar-refractivity contribution in [2.75, 3.05) is 13.1 Å². The number of likely N-dealkylation sites (tertiary alicyclic amines) is 1. The number of benzene rings is 1. The third-order valence-electron chi connectivity index (χ3n) is 5.29. The zero-order valence-corrected chi connectivity index (χ0v) is 14.8. The van der Waals surface area contributed by atoms with Crippen LogP contribution in [0.5, 0.6) is 0 Å². The van der Waals surface area contributed by atoms with Crippen molar-refractivity contribution in [2.45, 2.75) is 31.4 Å². The minimum Gasteiger partial charge on any atom is -0.389 e. The first-order chi connectivity index (χ1) is 13.0. The largest absolute Gasteiger partial charge is 0.389 e. The molecule has 1 aromatic heterocycles. The number of nitrogens with one attached hydrogen (secondary N) is 2. The van der Waals surface area contributed by atoms with Crippen LogP contribution in [0.15, 0.2) is 46.9 Å². The van der Waals surface area contributed by atoms with E-state index in [4.69, 9.17) is 0 Å². The molecule has 1 saturated heterocycles. The molecule has 1 aliphatic heterocycles. The summed E-state index contributed by atoms with van der Waals surface area (Å²) in [6.07, 6.45) is 5.24. The standard InChI is InChI=1S/C20H21N3O4/c24-17-11-23(18(25)8-12-4-3-5-12)10-16(17)22-20(27)15-9-21-19(26)14-7-2-1-6-13(14)15/h1-2,6-9,16-17,24H,3-5,10-11H2,(H,21,26)(H,22,27)/t16-,17-/m1/s1. The number of nitrogens with zero attached hydrogens (tertiary/aromatic N) is 1. The maximum atomic E-state index is 12.7. The highest BCUT2D eigenvalue weighted by Gasteiger charge is 2.35. The van der Waals surface area contributed by atoms with Gasteiger partial charge in [0.25, 0.3) is 11.5 Å². The number of carbonyl (C=O) groups is 2. The Morgan fingerprint density at radius 1 is 1.19 bits per heavy atom. The van der Waals surface area contributed by atoms with Gasteiger partial charge in [-0.25, -0.2) is 0 Å². The first-order valence-corrected chi connectivity index (χ1v) is 9.10. The lowest BCUT2D eigenvalue weighted by Gasteiger charge is -2.19. The molecule has 2 atom stereocenters. The number of aromatic amines is 1. The van der Waals surface area contributed by atoms with Gasteiger partial charge in [0.1, 0.15) is 0 Å². The summed E-state index contributed by atoms with van der Waals surface area (Å²) < 4.78 is 0. The Balaban J connectivity index is 1.49. The molecule has 140 valence electrons. The van der Waals surface area contributed by atoms with E-state index in [1.165, 1.54) is 6.20 Å². The summed E-state index contributed by atoms with van der Waals surface area (Å²) in [5.41, 5.74) is 1.21. The van der Waals surface area contributed by atoms with Crippen molar-refractivity contribution in [2.24, 2.45) is 0 Å². The molecule has 1 saturated carbocycles. The number of allylic oxidation sites excluding steroid dienone is 1. The molecular formula is C20H21N3O4. The minimum atomic E-state index is -0.827. The van der Waals surface area contributed by atoms with E-state index in [-0.39, 0.29) is 24.6 Å². The number of aromatic nitrogens is 1. The number of rotatable bonds is 3. The summed E-state index contributed by atoms with van der Waals surface area (Å²) in [5.74, 6) is -0.506. The molecule has 27 heavy (non-hydrogen) atoms. The highest BCUT2D eigenvalue weighted by molar-refractivity contribution is 6.06. The Bertz CT molecular complexity index is 988. The van der Waals surface area contributed by atoms with E-state index in [0.717, 1.165) is 24.8 Å². The lowest BCUT2D eigenvalue weighted by molar-refractivity contribution is -0.125. The molecule has 0 radical (unpaired) electrons. The second-order valence-electron chi connectivity index (χ2n) is 7.12. The number of carbonyl (C=O) groups excluding carboxylic acids is 2. The normalized spacial score (nSPS) is 21.8. The minimum absolute atomic E-state index is 0.116. The molecule has 7 nitrogen and oxygen atoms in total. The smallest absolute Gasteiger partial charge is 0.255 e. The van der Waals surface area contributed by atoms with Crippen LogP contribution in [0, 0.1) is 0 Å². The van der Waals surface area contributed by atoms with Gasteiger partial charge in [-0.3, -0.25) is 14.4 Å². The molecule has 1 aromatic carbocycles. The Morgan fingerprint density at radius 2 is 1.93 bits per heavy atom. The lowest BCUT2D eigenvalue weighted by atomic mass is 9.92. The molecule has 7 heteroatoms. The van der Waals surface area contributed by atoms with Gasteiger partial charge in [-0.05, 0) is 25.3 Å². The lowest BCUT2D eigenvalue weighted by Crippen LogP contribution is -2.43. The Kier molecular flexibility index (Phi) is 4.53. The van der Waals surface area contributed by atoms with Crippen molar-refractivity contribution in [3.05, 3.63) is 58.0 Å². The number of amides is 2. The second-order valence-corrected chi connectivity index (χ2v) is 7.12. The van der Waals surface area contributed by atoms with Crippen molar-refractivity contribution >= 4 is 22.6 Å². The first kappa shape index (κ1) is 17.5. The highest BCUT2D eigenvalue weighted by atomic mass is 16.3. The topological polar surface area (TPSA) is 102 Å². The average Bonchev–Trinajstić information content (AvgIpc) is 2.99. The molecule has 2 aliphatic rings. The van der Waals surface area contributed by atoms with Gasteiger partial charge < -0.3 is 20.3 Å². The van der Waals surface area contributed by atoms with Crippen LogP contribution in [0.2, 0.25) is 0 Å². The molecule has 2 aromatic rings. The van der Waals surface area contributed by atoms with Crippen LogP contribution in [0.1, 0.15) is 29.6 Å². The van der Waals surface area contributed by atoms with Gasteiger partial charge in [-0.15, -0.1) is 0 Å². The molecule has 2 fully saturated rings. The van der Waals surface area contributed by atoms with E-state index in [0.29, 0.717) is 16.3 Å².